The Balaban J connectivity index is 1.90. The number of nitrogens with zero attached hydrogens (tertiary/aromatic N) is 2. The molecule has 0 unspecified atom stereocenters. The van der Waals surface area contributed by atoms with Crippen molar-refractivity contribution in [1.29, 1.82) is 5.41 Å². The van der Waals surface area contributed by atoms with Gasteiger partial charge in [0.25, 0.3) is 0 Å². The maximum Gasteiger partial charge on any atom is 0.132 e. The summed E-state index contributed by atoms with van der Waals surface area (Å²) in [4.78, 5) is 9.27. The second-order valence-electron chi connectivity index (χ2n) is 8.26. The fraction of sp³-hybridized carbons (Fsp3) is 0.222. The smallest absolute Gasteiger partial charge is 0.132 e. The Morgan fingerprint density at radius 2 is 1.88 bits per heavy atom. The molecule has 0 atom stereocenters. The summed E-state index contributed by atoms with van der Waals surface area (Å²) in [6.07, 6.45) is 7.57. The molecule has 0 aliphatic rings. The van der Waals surface area contributed by atoms with E-state index in [4.69, 9.17) is 21.9 Å². The van der Waals surface area contributed by atoms with Crippen LogP contribution in [0.15, 0.2) is 84.6 Å². The lowest BCUT2D eigenvalue weighted by atomic mass is 9.97. The zero-order valence-corrected chi connectivity index (χ0v) is 20.0. The minimum Gasteiger partial charge on any atom is -0.404 e. The molecule has 176 valence electrons. The largest absolute Gasteiger partial charge is 0.404 e. The van der Waals surface area contributed by atoms with Gasteiger partial charge in [0.15, 0.2) is 0 Å². The molecule has 0 amide bonds. The third-order valence-electron chi connectivity index (χ3n) is 5.30. The molecular weight excluding hydrogens is 422 g/mol. The molecule has 7 N–H and O–H groups in total. The monoisotopic (exact) mass is 455 g/mol. The first-order chi connectivity index (χ1) is 16.4. The summed E-state index contributed by atoms with van der Waals surface area (Å²) in [7, 11) is 0. The van der Waals surface area contributed by atoms with Gasteiger partial charge >= 0.3 is 0 Å². The van der Waals surface area contributed by atoms with Crippen LogP contribution in [0.25, 0.3) is 16.6 Å². The van der Waals surface area contributed by atoms with Gasteiger partial charge in [0, 0.05) is 42.2 Å². The lowest BCUT2D eigenvalue weighted by Gasteiger charge is -2.12. The van der Waals surface area contributed by atoms with E-state index in [1.54, 1.807) is 12.4 Å². The van der Waals surface area contributed by atoms with Gasteiger partial charge in [-0.15, -0.1) is 0 Å². The second-order valence-corrected chi connectivity index (χ2v) is 8.26. The number of allylic oxidation sites excluding steroid dienone is 3. The maximum absolute atomic E-state index is 8.75. The molecule has 3 rings (SSSR count). The summed E-state index contributed by atoms with van der Waals surface area (Å²) in [6, 6.07) is 15.7. The van der Waals surface area contributed by atoms with Crippen molar-refractivity contribution in [3.63, 3.8) is 0 Å². The van der Waals surface area contributed by atoms with Crippen LogP contribution in [0, 0.1) is 11.3 Å². The van der Waals surface area contributed by atoms with E-state index in [0.29, 0.717) is 29.3 Å². The van der Waals surface area contributed by atoms with E-state index < -0.39 is 0 Å². The number of benzene rings is 1. The van der Waals surface area contributed by atoms with Crippen molar-refractivity contribution in [2.24, 2.45) is 17.4 Å². The van der Waals surface area contributed by atoms with Gasteiger partial charge in [-0.1, -0.05) is 44.2 Å². The average Bonchev–Trinajstić information content (AvgIpc) is 2.83. The summed E-state index contributed by atoms with van der Waals surface area (Å²) in [5.41, 5.74) is 17.5. The number of hydrogen-bond acceptors (Lipinski definition) is 7. The highest BCUT2D eigenvalue weighted by Crippen LogP contribution is 2.22. The van der Waals surface area contributed by atoms with Gasteiger partial charge in [0.1, 0.15) is 11.6 Å². The number of aromatic nitrogens is 2. The summed E-state index contributed by atoms with van der Waals surface area (Å²) in [5, 5.41) is 15.1. The summed E-state index contributed by atoms with van der Waals surface area (Å²) in [5.74, 6) is 1.32. The van der Waals surface area contributed by atoms with Crippen molar-refractivity contribution in [2.45, 2.75) is 27.2 Å². The normalized spacial score (nSPS) is 12.8. The van der Waals surface area contributed by atoms with E-state index in [-0.39, 0.29) is 5.92 Å². The van der Waals surface area contributed by atoms with Crippen molar-refractivity contribution < 1.29 is 0 Å². The van der Waals surface area contributed by atoms with Gasteiger partial charge in [-0.25, -0.2) is 4.98 Å². The Morgan fingerprint density at radius 1 is 1.12 bits per heavy atom. The number of fused-ring (bicyclic) bond motifs is 1. The van der Waals surface area contributed by atoms with E-state index in [1.807, 2.05) is 67.7 Å². The number of rotatable bonds is 10. The van der Waals surface area contributed by atoms with Crippen LogP contribution in [0.1, 0.15) is 31.9 Å². The van der Waals surface area contributed by atoms with Gasteiger partial charge < -0.3 is 27.5 Å². The first-order valence-electron chi connectivity index (χ1n) is 11.4. The van der Waals surface area contributed by atoms with Crippen LogP contribution >= 0.6 is 0 Å². The molecule has 3 aromatic rings. The zero-order valence-electron chi connectivity index (χ0n) is 20.0. The highest BCUT2D eigenvalue weighted by Gasteiger charge is 2.12. The molecule has 0 saturated carbocycles. The summed E-state index contributed by atoms with van der Waals surface area (Å²) in [6.45, 7) is 6.89. The number of pyridine rings is 2. The zero-order chi connectivity index (χ0) is 24.5. The highest BCUT2D eigenvalue weighted by atomic mass is 15.1. The Kier molecular flexibility index (Phi) is 8.40. The molecule has 7 heteroatoms. The minimum atomic E-state index is 0.259. The maximum atomic E-state index is 8.75. The van der Waals surface area contributed by atoms with Crippen LogP contribution in [0.5, 0.6) is 0 Å². The molecule has 2 aromatic heterocycles. The molecule has 7 nitrogen and oxygen atoms in total. The molecule has 0 fully saturated rings. The van der Waals surface area contributed by atoms with E-state index in [1.165, 1.54) is 0 Å². The summed E-state index contributed by atoms with van der Waals surface area (Å²) < 4.78 is 0. The van der Waals surface area contributed by atoms with Crippen molar-refractivity contribution in [1.82, 2.24) is 15.3 Å². The van der Waals surface area contributed by atoms with Crippen LogP contribution in [0.3, 0.4) is 0 Å². The molecular formula is C27H33N7. The third kappa shape index (κ3) is 6.45. The molecule has 1 aromatic carbocycles. The van der Waals surface area contributed by atoms with Gasteiger partial charge in [-0.3, -0.25) is 4.98 Å². The molecule has 0 aliphatic carbocycles. The molecule has 0 radical (unpaired) electrons. The van der Waals surface area contributed by atoms with E-state index in [9.17, 15) is 0 Å². The topological polar surface area (TPSA) is 126 Å². The molecule has 34 heavy (non-hydrogen) atoms. The first kappa shape index (κ1) is 24.5. The van der Waals surface area contributed by atoms with Crippen LogP contribution in [-0.4, -0.2) is 22.2 Å². The Morgan fingerprint density at radius 3 is 2.56 bits per heavy atom. The Labute approximate surface area is 201 Å². The third-order valence-corrected chi connectivity index (χ3v) is 5.30. The second kappa shape index (κ2) is 11.7. The number of hydrogen-bond donors (Lipinski definition) is 5. The van der Waals surface area contributed by atoms with E-state index in [2.05, 4.69) is 29.5 Å². The van der Waals surface area contributed by atoms with Gasteiger partial charge in [0.05, 0.1) is 11.0 Å². The first-order valence-corrected chi connectivity index (χ1v) is 11.4. The number of nitrogens with one attached hydrogen (secondary N) is 3. The van der Waals surface area contributed by atoms with Crippen molar-refractivity contribution in [2.75, 3.05) is 11.9 Å². The minimum absolute atomic E-state index is 0.259. The van der Waals surface area contributed by atoms with Crippen molar-refractivity contribution >= 4 is 28.1 Å². The van der Waals surface area contributed by atoms with Gasteiger partial charge in [0.2, 0.25) is 0 Å². The SMILES string of the molecule is CCN/C=C(\C(=N)Cc1ccccc1)c1cnc2ccc(N/C(N)=C/C(=C\N)C(C)C)nc2c1. The molecule has 0 saturated heterocycles. The van der Waals surface area contributed by atoms with Crippen LogP contribution in [-0.2, 0) is 6.42 Å². The quantitative estimate of drug-likeness (QED) is 0.225. The molecule has 0 spiro atoms. The molecule has 0 aliphatic heterocycles. The van der Waals surface area contributed by atoms with Gasteiger partial charge in [-0.2, -0.15) is 0 Å². The lowest BCUT2D eigenvalue weighted by Crippen LogP contribution is -2.12. The van der Waals surface area contributed by atoms with Crippen molar-refractivity contribution in [3.05, 3.63) is 95.7 Å². The van der Waals surface area contributed by atoms with Crippen LogP contribution in [0.2, 0.25) is 0 Å². The van der Waals surface area contributed by atoms with E-state index >= 15 is 0 Å². The molecule has 2 heterocycles. The van der Waals surface area contributed by atoms with E-state index in [0.717, 1.165) is 34.3 Å². The molecule has 0 bridgehead atoms. The number of anilines is 1. The Hall–Kier alpha value is -4.13. The average molecular weight is 456 g/mol. The summed E-state index contributed by atoms with van der Waals surface area (Å²) >= 11 is 0. The van der Waals surface area contributed by atoms with Crippen LogP contribution in [0.4, 0.5) is 5.82 Å². The Bertz CT molecular complexity index is 1220. The van der Waals surface area contributed by atoms with Gasteiger partial charge in [-0.05, 0) is 54.5 Å². The number of nitrogens with two attached hydrogens (primary N) is 2. The predicted octanol–water partition coefficient (Wildman–Crippen LogP) is 4.55. The lowest BCUT2D eigenvalue weighted by molar-refractivity contribution is 0.786. The van der Waals surface area contributed by atoms with Crippen molar-refractivity contribution in [3.8, 4) is 0 Å². The predicted molar refractivity (Wildman–Crippen MR) is 142 cm³/mol. The fourth-order valence-electron chi connectivity index (χ4n) is 3.44. The standard InChI is InChI=1S/C27H33N7/c1-4-31-17-22(23(29)12-19-8-6-5-7-9-19)21-13-25-24(32-16-21)10-11-27(33-25)34-26(30)14-20(15-28)18(2)3/h5-11,13-18,29,31H,4,12,28,30H2,1-3H3,(H,33,34)/b20-15+,22-17-,26-14+,29-23?. The van der Waals surface area contributed by atoms with Crippen LogP contribution < -0.4 is 22.1 Å². The fourth-order valence-corrected chi connectivity index (χ4v) is 3.44. The highest BCUT2D eigenvalue weighted by molar-refractivity contribution is 6.23.